The van der Waals surface area contributed by atoms with Crippen LogP contribution in [0, 0.1) is 11.3 Å². The van der Waals surface area contributed by atoms with Gasteiger partial charge in [-0.2, -0.15) is 5.26 Å². The van der Waals surface area contributed by atoms with Crippen LogP contribution in [0.4, 0.5) is 0 Å². The summed E-state index contributed by atoms with van der Waals surface area (Å²) in [6, 6.07) is 5.59. The fourth-order valence-electron chi connectivity index (χ4n) is 2.43. The highest BCUT2D eigenvalue weighted by Crippen LogP contribution is 2.28. The number of nitriles is 1. The Morgan fingerprint density at radius 1 is 1.47 bits per heavy atom. The van der Waals surface area contributed by atoms with Gasteiger partial charge in [-0.05, 0) is 25.0 Å². The molecular formula is C14H17N3O2. The lowest BCUT2D eigenvalue weighted by atomic mass is 9.82. The van der Waals surface area contributed by atoms with Crippen LogP contribution < -0.4 is 10.1 Å². The van der Waals surface area contributed by atoms with E-state index in [9.17, 15) is 10.1 Å². The minimum absolute atomic E-state index is 0.281. The Morgan fingerprint density at radius 2 is 2.21 bits per heavy atom. The number of aromatic nitrogens is 1. The smallest absolute Gasteiger partial charge is 0.258 e. The van der Waals surface area contributed by atoms with Crippen LogP contribution >= 0.6 is 0 Å². The molecule has 5 heteroatoms. The Hall–Kier alpha value is -2.09. The Kier molecular flexibility index (Phi) is 4.00. The second kappa shape index (κ2) is 5.70. The number of nitrogens with zero attached hydrogens (tertiary/aromatic N) is 2. The third kappa shape index (κ3) is 2.84. The number of carbonyl (C=O) groups excluding carboxylic acids is 1. The van der Waals surface area contributed by atoms with E-state index in [1.54, 1.807) is 18.3 Å². The number of nitrogens with one attached hydrogen (secondary N) is 1. The van der Waals surface area contributed by atoms with Crippen LogP contribution in [-0.4, -0.2) is 23.5 Å². The first-order chi connectivity index (χ1) is 9.21. The normalized spacial score (nSPS) is 17.3. The van der Waals surface area contributed by atoms with E-state index >= 15 is 0 Å². The van der Waals surface area contributed by atoms with Gasteiger partial charge in [0.1, 0.15) is 11.1 Å². The van der Waals surface area contributed by atoms with Gasteiger partial charge in [-0.15, -0.1) is 0 Å². The minimum atomic E-state index is -0.740. The number of hydrogen-bond donors (Lipinski definition) is 1. The van der Waals surface area contributed by atoms with Crippen molar-refractivity contribution in [1.82, 2.24) is 10.3 Å². The molecular weight excluding hydrogens is 242 g/mol. The highest BCUT2D eigenvalue weighted by molar-refractivity contribution is 5.97. The van der Waals surface area contributed by atoms with Gasteiger partial charge in [0.05, 0.1) is 13.2 Å². The molecule has 1 saturated carbocycles. The maximum absolute atomic E-state index is 12.3. The summed E-state index contributed by atoms with van der Waals surface area (Å²) in [5, 5.41) is 12.2. The predicted molar refractivity (Wildman–Crippen MR) is 69.7 cm³/mol. The van der Waals surface area contributed by atoms with Gasteiger partial charge in [0.25, 0.3) is 5.91 Å². The number of carbonyl (C=O) groups is 1. The van der Waals surface area contributed by atoms with Gasteiger partial charge in [-0.1, -0.05) is 19.3 Å². The summed E-state index contributed by atoms with van der Waals surface area (Å²) in [6.45, 7) is 0. The minimum Gasteiger partial charge on any atom is -0.480 e. The molecule has 100 valence electrons. The van der Waals surface area contributed by atoms with Crippen LogP contribution in [0.15, 0.2) is 18.3 Å². The molecule has 0 spiro atoms. The molecule has 2 rings (SSSR count). The molecule has 1 aliphatic rings. The average molecular weight is 259 g/mol. The van der Waals surface area contributed by atoms with Crippen LogP contribution in [-0.2, 0) is 0 Å². The van der Waals surface area contributed by atoms with Crippen LogP contribution in [0.1, 0.15) is 42.5 Å². The topological polar surface area (TPSA) is 75.0 Å². The first kappa shape index (κ1) is 13.3. The summed E-state index contributed by atoms with van der Waals surface area (Å²) in [4.78, 5) is 16.3. The van der Waals surface area contributed by atoms with Gasteiger partial charge in [-0.3, -0.25) is 4.79 Å². The number of ether oxygens (including phenoxy) is 1. The summed E-state index contributed by atoms with van der Waals surface area (Å²) in [5.41, 5.74) is -0.374. The molecule has 0 aromatic carbocycles. The first-order valence-electron chi connectivity index (χ1n) is 6.43. The molecule has 1 N–H and O–H groups in total. The quantitative estimate of drug-likeness (QED) is 0.901. The molecule has 0 atom stereocenters. The molecule has 1 aromatic heterocycles. The number of rotatable bonds is 3. The van der Waals surface area contributed by atoms with Crippen LogP contribution in [0.5, 0.6) is 5.88 Å². The molecule has 19 heavy (non-hydrogen) atoms. The standard InChI is InChI=1S/C14H17N3O2/c1-19-13-11(6-5-9-16-13)12(18)17-14(10-15)7-3-2-4-8-14/h5-6,9H,2-4,7-8H2,1H3,(H,17,18). The summed E-state index contributed by atoms with van der Waals surface area (Å²) in [7, 11) is 1.47. The van der Waals surface area contributed by atoms with E-state index in [2.05, 4.69) is 16.4 Å². The molecule has 1 fully saturated rings. The third-order valence-electron chi connectivity index (χ3n) is 3.48. The van der Waals surface area contributed by atoms with E-state index in [0.29, 0.717) is 18.4 Å². The van der Waals surface area contributed by atoms with E-state index in [1.807, 2.05) is 0 Å². The second-order valence-electron chi connectivity index (χ2n) is 4.77. The highest BCUT2D eigenvalue weighted by atomic mass is 16.5. The molecule has 1 aromatic rings. The molecule has 0 aliphatic heterocycles. The maximum atomic E-state index is 12.3. The number of hydrogen-bond acceptors (Lipinski definition) is 4. The summed E-state index contributed by atoms with van der Waals surface area (Å²) >= 11 is 0. The fourth-order valence-corrected chi connectivity index (χ4v) is 2.43. The largest absolute Gasteiger partial charge is 0.480 e. The van der Waals surface area contributed by atoms with Crippen molar-refractivity contribution >= 4 is 5.91 Å². The lowest BCUT2D eigenvalue weighted by Crippen LogP contribution is -2.48. The second-order valence-corrected chi connectivity index (χ2v) is 4.77. The maximum Gasteiger partial charge on any atom is 0.258 e. The van der Waals surface area contributed by atoms with Crippen molar-refractivity contribution in [3.05, 3.63) is 23.9 Å². The molecule has 0 bridgehead atoms. The van der Waals surface area contributed by atoms with E-state index < -0.39 is 5.54 Å². The lowest BCUT2D eigenvalue weighted by Gasteiger charge is -2.31. The summed E-state index contributed by atoms with van der Waals surface area (Å²) in [6.07, 6.45) is 6.04. The predicted octanol–water partition coefficient (Wildman–Crippen LogP) is 2.05. The Morgan fingerprint density at radius 3 is 2.84 bits per heavy atom. The van der Waals surface area contributed by atoms with Crippen molar-refractivity contribution in [3.8, 4) is 11.9 Å². The van der Waals surface area contributed by atoms with Crippen molar-refractivity contribution < 1.29 is 9.53 Å². The van der Waals surface area contributed by atoms with E-state index in [0.717, 1.165) is 19.3 Å². The molecule has 1 heterocycles. The zero-order valence-corrected chi connectivity index (χ0v) is 11.0. The Labute approximate surface area is 112 Å². The van der Waals surface area contributed by atoms with Gasteiger partial charge in [0.2, 0.25) is 5.88 Å². The Bertz CT molecular complexity index is 502. The van der Waals surface area contributed by atoms with Gasteiger partial charge in [-0.25, -0.2) is 4.98 Å². The highest BCUT2D eigenvalue weighted by Gasteiger charge is 2.34. The lowest BCUT2D eigenvalue weighted by molar-refractivity contribution is 0.0899. The Balaban J connectivity index is 2.18. The molecule has 5 nitrogen and oxygen atoms in total. The average Bonchev–Trinajstić information content (AvgIpc) is 2.48. The zero-order valence-electron chi connectivity index (χ0n) is 11.0. The molecule has 0 unspecified atom stereocenters. The van der Waals surface area contributed by atoms with Crippen LogP contribution in [0.3, 0.4) is 0 Å². The molecule has 0 radical (unpaired) electrons. The number of amides is 1. The number of methoxy groups -OCH3 is 1. The molecule has 1 amide bonds. The van der Waals surface area contributed by atoms with Crippen molar-refractivity contribution in [2.45, 2.75) is 37.6 Å². The fraction of sp³-hybridized carbons (Fsp3) is 0.500. The summed E-state index contributed by atoms with van der Waals surface area (Å²) < 4.78 is 5.07. The van der Waals surface area contributed by atoms with Gasteiger partial charge >= 0.3 is 0 Å². The first-order valence-corrected chi connectivity index (χ1v) is 6.43. The monoisotopic (exact) mass is 259 g/mol. The van der Waals surface area contributed by atoms with Gasteiger partial charge in [0.15, 0.2) is 0 Å². The van der Waals surface area contributed by atoms with E-state index in [-0.39, 0.29) is 11.8 Å². The summed E-state index contributed by atoms with van der Waals surface area (Å²) in [5.74, 6) is -0.0164. The third-order valence-corrected chi connectivity index (χ3v) is 3.48. The van der Waals surface area contributed by atoms with E-state index in [1.165, 1.54) is 7.11 Å². The van der Waals surface area contributed by atoms with Crippen molar-refractivity contribution in [3.63, 3.8) is 0 Å². The van der Waals surface area contributed by atoms with Gasteiger partial charge < -0.3 is 10.1 Å². The van der Waals surface area contributed by atoms with Crippen molar-refractivity contribution in [2.75, 3.05) is 7.11 Å². The van der Waals surface area contributed by atoms with Crippen molar-refractivity contribution in [1.29, 1.82) is 5.26 Å². The van der Waals surface area contributed by atoms with Gasteiger partial charge in [0, 0.05) is 6.20 Å². The van der Waals surface area contributed by atoms with Crippen LogP contribution in [0.2, 0.25) is 0 Å². The zero-order chi connectivity index (χ0) is 13.7. The van der Waals surface area contributed by atoms with E-state index in [4.69, 9.17) is 4.74 Å². The molecule has 1 aliphatic carbocycles. The van der Waals surface area contributed by atoms with Crippen molar-refractivity contribution in [2.24, 2.45) is 0 Å². The van der Waals surface area contributed by atoms with Crippen LogP contribution in [0.25, 0.3) is 0 Å². The number of pyridine rings is 1. The molecule has 0 saturated heterocycles. The SMILES string of the molecule is COc1ncccc1C(=O)NC1(C#N)CCCCC1.